The summed E-state index contributed by atoms with van der Waals surface area (Å²) in [5.74, 6) is 1.35. The van der Waals surface area contributed by atoms with Gasteiger partial charge in [0.25, 0.3) is 0 Å². The van der Waals surface area contributed by atoms with Crippen molar-refractivity contribution in [2.24, 2.45) is 11.5 Å². The highest BCUT2D eigenvalue weighted by Gasteiger charge is 2.46. The van der Waals surface area contributed by atoms with E-state index in [1.165, 1.54) is 24.8 Å². The maximum atomic E-state index is 6.69. The van der Waals surface area contributed by atoms with E-state index in [2.05, 4.69) is 23.2 Å². The molecule has 0 spiro atoms. The first-order valence-corrected chi connectivity index (χ1v) is 7.45. The van der Waals surface area contributed by atoms with Gasteiger partial charge in [0.05, 0.1) is 6.20 Å². The fraction of sp³-hybridized carbons (Fsp3) is 0.353. The van der Waals surface area contributed by atoms with Gasteiger partial charge in [-0.05, 0) is 36.0 Å². The number of aromatic nitrogens is 1. The molecule has 1 aliphatic heterocycles. The maximum absolute atomic E-state index is 6.69. The first-order chi connectivity index (χ1) is 10.2. The maximum Gasteiger partial charge on any atom is 0.174 e. The molecule has 1 aromatic heterocycles. The summed E-state index contributed by atoms with van der Waals surface area (Å²) in [6, 6.07) is 10.4. The minimum atomic E-state index is -0.808. The molecule has 0 radical (unpaired) electrons. The number of ether oxygens (including phenoxy) is 1. The fourth-order valence-electron chi connectivity index (χ4n) is 3.31. The number of rotatable bonds is 2. The Bertz CT molecular complexity index is 683. The molecule has 1 aromatic carbocycles. The predicted molar refractivity (Wildman–Crippen MR) is 80.8 cm³/mol. The van der Waals surface area contributed by atoms with Crippen LogP contribution in [0, 0.1) is 0 Å². The summed E-state index contributed by atoms with van der Waals surface area (Å²) in [5.41, 5.74) is 15.4. The Balaban J connectivity index is 1.81. The second kappa shape index (κ2) is 4.55. The van der Waals surface area contributed by atoms with Crippen LogP contribution in [0.5, 0.6) is 5.75 Å². The van der Waals surface area contributed by atoms with Crippen LogP contribution in [0.15, 0.2) is 42.7 Å². The third-order valence-corrected chi connectivity index (χ3v) is 4.87. The van der Waals surface area contributed by atoms with E-state index in [0.29, 0.717) is 11.7 Å². The summed E-state index contributed by atoms with van der Waals surface area (Å²) in [7, 11) is 0. The Kier molecular flexibility index (Phi) is 2.77. The molecule has 108 valence electrons. The van der Waals surface area contributed by atoms with Crippen molar-refractivity contribution in [1.82, 2.24) is 4.98 Å². The first kappa shape index (κ1) is 12.8. The zero-order chi connectivity index (χ0) is 14.4. The summed E-state index contributed by atoms with van der Waals surface area (Å²) < 4.78 is 5.71. The van der Waals surface area contributed by atoms with Crippen LogP contribution in [0.1, 0.15) is 41.9 Å². The Labute approximate surface area is 124 Å². The largest absolute Gasteiger partial charge is 0.471 e. The second-order valence-corrected chi connectivity index (χ2v) is 6.03. The highest BCUT2D eigenvalue weighted by Crippen LogP contribution is 2.43. The van der Waals surface area contributed by atoms with Crippen LogP contribution in [0.4, 0.5) is 0 Å². The number of fused-ring (bicyclic) bond motifs is 1. The van der Waals surface area contributed by atoms with Gasteiger partial charge in [0.15, 0.2) is 6.23 Å². The molecule has 2 heterocycles. The van der Waals surface area contributed by atoms with Crippen molar-refractivity contribution in [3.05, 3.63) is 59.4 Å². The molecule has 1 saturated carbocycles. The van der Waals surface area contributed by atoms with E-state index in [9.17, 15) is 0 Å². The van der Waals surface area contributed by atoms with Gasteiger partial charge in [-0.25, -0.2) is 0 Å². The van der Waals surface area contributed by atoms with Crippen LogP contribution in [0.2, 0.25) is 0 Å². The van der Waals surface area contributed by atoms with Crippen LogP contribution in [0.25, 0.3) is 0 Å². The molecule has 1 aliphatic carbocycles. The molecule has 2 aliphatic rings. The molecule has 4 heteroatoms. The normalized spacial score (nSPS) is 27.8. The summed E-state index contributed by atoms with van der Waals surface area (Å²) in [6.07, 6.45) is 6.68. The van der Waals surface area contributed by atoms with Crippen molar-refractivity contribution in [3.8, 4) is 5.75 Å². The monoisotopic (exact) mass is 281 g/mol. The second-order valence-electron chi connectivity index (χ2n) is 6.03. The molecular formula is C17H19N3O. The molecule has 4 N–H and O–H groups in total. The van der Waals surface area contributed by atoms with Crippen molar-refractivity contribution in [1.29, 1.82) is 0 Å². The first-order valence-electron chi connectivity index (χ1n) is 7.45. The van der Waals surface area contributed by atoms with Crippen LogP contribution >= 0.6 is 0 Å². The summed E-state index contributed by atoms with van der Waals surface area (Å²) in [5, 5.41) is 0. The van der Waals surface area contributed by atoms with Crippen molar-refractivity contribution in [2.45, 2.75) is 36.9 Å². The Morgan fingerprint density at radius 2 is 2.10 bits per heavy atom. The number of nitrogens with zero attached hydrogens (tertiary/aromatic N) is 1. The minimum absolute atomic E-state index is 0.589. The summed E-state index contributed by atoms with van der Waals surface area (Å²) in [6.45, 7) is 0. The molecule has 0 amide bonds. The van der Waals surface area contributed by atoms with Crippen LogP contribution in [0.3, 0.4) is 0 Å². The van der Waals surface area contributed by atoms with E-state index >= 15 is 0 Å². The van der Waals surface area contributed by atoms with Crippen LogP contribution in [-0.4, -0.2) is 11.2 Å². The van der Waals surface area contributed by atoms with Gasteiger partial charge in [-0.2, -0.15) is 0 Å². The van der Waals surface area contributed by atoms with Crippen LogP contribution in [-0.2, 0) is 5.54 Å². The Morgan fingerprint density at radius 1 is 1.24 bits per heavy atom. The Hall–Kier alpha value is -1.91. The van der Waals surface area contributed by atoms with Crippen molar-refractivity contribution in [2.75, 3.05) is 0 Å². The summed E-state index contributed by atoms with van der Waals surface area (Å²) in [4.78, 5) is 4.08. The van der Waals surface area contributed by atoms with E-state index in [1.54, 1.807) is 12.4 Å². The van der Waals surface area contributed by atoms with E-state index in [4.69, 9.17) is 16.2 Å². The zero-order valence-corrected chi connectivity index (χ0v) is 11.8. The lowest BCUT2D eigenvalue weighted by molar-refractivity contribution is 0.177. The summed E-state index contributed by atoms with van der Waals surface area (Å²) >= 11 is 0. The highest BCUT2D eigenvalue weighted by atomic mass is 16.5. The zero-order valence-electron chi connectivity index (χ0n) is 11.8. The lowest BCUT2D eigenvalue weighted by Crippen LogP contribution is -2.52. The average molecular weight is 281 g/mol. The molecule has 0 bridgehead atoms. The quantitative estimate of drug-likeness (QED) is 0.885. The molecule has 21 heavy (non-hydrogen) atoms. The third kappa shape index (κ3) is 1.79. The van der Waals surface area contributed by atoms with Crippen molar-refractivity contribution in [3.63, 3.8) is 0 Å². The fourth-order valence-corrected chi connectivity index (χ4v) is 3.31. The van der Waals surface area contributed by atoms with Crippen molar-refractivity contribution >= 4 is 0 Å². The highest BCUT2D eigenvalue weighted by molar-refractivity contribution is 5.50. The average Bonchev–Trinajstić information content (AvgIpc) is 2.71. The Morgan fingerprint density at radius 3 is 2.86 bits per heavy atom. The minimum Gasteiger partial charge on any atom is -0.471 e. The van der Waals surface area contributed by atoms with Gasteiger partial charge < -0.3 is 10.5 Å². The van der Waals surface area contributed by atoms with Gasteiger partial charge in [0.1, 0.15) is 11.3 Å². The number of nitrogens with two attached hydrogens (primary N) is 2. The van der Waals surface area contributed by atoms with Crippen molar-refractivity contribution < 1.29 is 4.74 Å². The third-order valence-electron chi connectivity index (χ3n) is 4.87. The van der Waals surface area contributed by atoms with Gasteiger partial charge in [-0.15, -0.1) is 0 Å². The lowest BCUT2D eigenvalue weighted by atomic mass is 9.77. The van der Waals surface area contributed by atoms with E-state index in [0.717, 1.165) is 11.1 Å². The number of hydrogen-bond acceptors (Lipinski definition) is 4. The molecule has 0 saturated heterocycles. The number of benzene rings is 1. The molecular weight excluding hydrogens is 262 g/mol. The van der Waals surface area contributed by atoms with E-state index in [1.807, 2.05) is 12.1 Å². The standard InChI is InChI=1S/C17H19N3O/c18-16-17(19,14-7-8-20-10-15(14)21-16)13-6-2-5-12(9-13)11-3-1-4-11/h2,5-11,16H,1,3-4,18-19H2. The number of pyridine rings is 1. The number of hydrogen-bond donors (Lipinski definition) is 2. The molecule has 2 unspecified atom stereocenters. The van der Waals surface area contributed by atoms with Gasteiger partial charge in [-0.1, -0.05) is 30.7 Å². The van der Waals surface area contributed by atoms with E-state index < -0.39 is 11.8 Å². The SMILES string of the molecule is NC1Oc2cnccc2C1(N)c1cccc(C2CCC2)c1. The van der Waals surface area contributed by atoms with Gasteiger partial charge in [-0.3, -0.25) is 10.7 Å². The molecule has 4 nitrogen and oxygen atoms in total. The molecule has 2 atom stereocenters. The molecule has 2 aromatic rings. The van der Waals surface area contributed by atoms with Crippen LogP contribution < -0.4 is 16.2 Å². The van der Waals surface area contributed by atoms with E-state index in [-0.39, 0.29) is 0 Å². The molecule has 1 fully saturated rings. The smallest absolute Gasteiger partial charge is 0.174 e. The lowest BCUT2D eigenvalue weighted by Gasteiger charge is -2.31. The molecule has 4 rings (SSSR count). The van der Waals surface area contributed by atoms with Gasteiger partial charge >= 0.3 is 0 Å². The van der Waals surface area contributed by atoms with Gasteiger partial charge in [0.2, 0.25) is 0 Å². The topological polar surface area (TPSA) is 74.2 Å². The predicted octanol–water partition coefficient (Wildman–Crippen LogP) is 2.23. The van der Waals surface area contributed by atoms with Gasteiger partial charge in [0, 0.05) is 11.8 Å².